The first-order valence-corrected chi connectivity index (χ1v) is 13.4. The molecule has 196 valence electrons. The lowest BCUT2D eigenvalue weighted by molar-refractivity contribution is -0.137. The number of thioether (sulfide) groups is 1. The van der Waals surface area contributed by atoms with E-state index in [9.17, 15) is 18.3 Å². The normalized spacial score (nSPS) is 11.9. The summed E-state index contributed by atoms with van der Waals surface area (Å²) in [7, 11) is 0. The van der Waals surface area contributed by atoms with Crippen LogP contribution in [0.4, 0.5) is 19.0 Å². The second-order valence-electron chi connectivity index (χ2n) is 8.13. The molecule has 13 heteroatoms. The summed E-state index contributed by atoms with van der Waals surface area (Å²) in [5.74, 6) is 0.987. The molecule has 0 amide bonds. The van der Waals surface area contributed by atoms with Gasteiger partial charge in [0, 0.05) is 24.7 Å². The predicted molar refractivity (Wildman–Crippen MR) is 142 cm³/mol. The van der Waals surface area contributed by atoms with E-state index in [1.54, 1.807) is 19.1 Å². The average molecular weight is 591 g/mol. The molecule has 4 rings (SSSR count). The van der Waals surface area contributed by atoms with Gasteiger partial charge in [0.2, 0.25) is 0 Å². The van der Waals surface area contributed by atoms with E-state index in [4.69, 9.17) is 39.8 Å². The van der Waals surface area contributed by atoms with Crippen molar-refractivity contribution in [3.05, 3.63) is 68.4 Å². The Morgan fingerprint density at radius 3 is 2.27 bits per heavy atom. The standard InChI is InChI=1S/C24H21Cl3F3N5OS/c1-13-31-21(34(8-3-9-36)12-14-4-6-16(25)7-5-14)19-22(32-13)35(33-23(19)37-2)20-17(26)10-15(11-18(20)27)24(28,29)30/h4-7,10-11,36H,3,8-9,12H2,1-2H3. The molecule has 2 aromatic heterocycles. The summed E-state index contributed by atoms with van der Waals surface area (Å²) in [6.07, 6.45) is -2.30. The van der Waals surface area contributed by atoms with Gasteiger partial charge in [-0.1, -0.05) is 46.9 Å². The molecule has 37 heavy (non-hydrogen) atoms. The van der Waals surface area contributed by atoms with Crippen molar-refractivity contribution in [2.75, 3.05) is 24.3 Å². The molecule has 2 heterocycles. The maximum atomic E-state index is 13.3. The zero-order chi connectivity index (χ0) is 26.9. The molecule has 0 saturated carbocycles. The minimum atomic E-state index is -4.61. The van der Waals surface area contributed by atoms with Crippen molar-refractivity contribution in [1.29, 1.82) is 0 Å². The second-order valence-corrected chi connectivity index (χ2v) is 10.2. The number of aryl methyl sites for hydroxylation is 1. The largest absolute Gasteiger partial charge is 0.416 e. The summed E-state index contributed by atoms with van der Waals surface area (Å²) in [6.45, 7) is 2.63. The lowest BCUT2D eigenvalue weighted by atomic mass is 10.2. The van der Waals surface area contributed by atoms with Crippen molar-refractivity contribution < 1.29 is 18.3 Å². The molecule has 0 unspecified atom stereocenters. The monoisotopic (exact) mass is 589 g/mol. The summed E-state index contributed by atoms with van der Waals surface area (Å²) in [5.41, 5.74) is 0.446. The summed E-state index contributed by atoms with van der Waals surface area (Å²) >= 11 is 20.0. The van der Waals surface area contributed by atoms with Gasteiger partial charge < -0.3 is 10.0 Å². The Labute approximate surface area is 230 Å². The Morgan fingerprint density at radius 2 is 1.70 bits per heavy atom. The summed E-state index contributed by atoms with van der Waals surface area (Å²) in [4.78, 5) is 11.3. The quantitative estimate of drug-likeness (QED) is 0.219. The fourth-order valence-corrected chi connectivity index (χ4v) is 5.19. The number of benzene rings is 2. The van der Waals surface area contributed by atoms with E-state index in [1.165, 1.54) is 16.4 Å². The average Bonchev–Trinajstić information content (AvgIpc) is 3.19. The van der Waals surface area contributed by atoms with Crippen LogP contribution in [0.1, 0.15) is 23.4 Å². The lowest BCUT2D eigenvalue weighted by Gasteiger charge is -2.25. The Bertz CT molecular complexity index is 1410. The van der Waals surface area contributed by atoms with E-state index in [2.05, 4.69) is 10.1 Å². The first-order chi connectivity index (χ1) is 17.5. The maximum absolute atomic E-state index is 13.3. The SMILES string of the molecule is CSc1nn(-c2c(Cl)cc(C(F)(F)F)cc2Cl)c2nc(C)nc(N(CCCO)Cc3ccc(Cl)cc3)c12. The number of alkyl halides is 3. The van der Waals surface area contributed by atoms with Crippen molar-refractivity contribution in [3.8, 4) is 5.69 Å². The van der Waals surface area contributed by atoms with Crippen LogP contribution in [0.15, 0.2) is 41.4 Å². The zero-order valence-electron chi connectivity index (χ0n) is 19.7. The van der Waals surface area contributed by atoms with Crippen LogP contribution in [0, 0.1) is 6.92 Å². The Hall–Kier alpha value is -2.24. The van der Waals surface area contributed by atoms with Gasteiger partial charge in [-0.25, -0.2) is 14.6 Å². The van der Waals surface area contributed by atoms with Gasteiger partial charge in [0.15, 0.2) is 5.65 Å². The lowest BCUT2D eigenvalue weighted by Crippen LogP contribution is -2.26. The topological polar surface area (TPSA) is 67.1 Å². The van der Waals surface area contributed by atoms with Crippen molar-refractivity contribution in [1.82, 2.24) is 19.7 Å². The van der Waals surface area contributed by atoms with E-state index in [0.29, 0.717) is 52.2 Å². The number of aromatic nitrogens is 4. The molecule has 0 atom stereocenters. The van der Waals surface area contributed by atoms with Crippen LogP contribution >= 0.6 is 46.6 Å². The summed E-state index contributed by atoms with van der Waals surface area (Å²) < 4.78 is 41.2. The predicted octanol–water partition coefficient (Wildman–Crippen LogP) is 7.21. The van der Waals surface area contributed by atoms with Crippen molar-refractivity contribution in [3.63, 3.8) is 0 Å². The highest BCUT2D eigenvalue weighted by atomic mass is 35.5. The van der Waals surface area contributed by atoms with Gasteiger partial charge in [-0.15, -0.1) is 11.8 Å². The summed E-state index contributed by atoms with van der Waals surface area (Å²) in [6, 6.07) is 9.03. The highest BCUT2D eigenvalue weighted by Gasteiger charge is 2.33. The number of hydrogen-bond donors (Lipinski definition) is 1. The van der Waals surface area contributed by atoms with Crippen molar-refractivity contribution in [2.45, 2.75) is 31.1 Å². The highest BCUT2D eigenvalue weighted by molar-refractivity contribution is 7.98. The zero-order valence-corrected chi connectivity index (χ0v) is 22.7. The molecular weight excluding hydrogens is 570 g/mol. The molecule has 0 saturated heterocycles. The molecule has 4 aromatic rings. The van der Waals surface area contributed by atoms with Gasteiger partial charge in [-0.05, 0) is 49.4 Å². The Balaban J connectivity index is 1.92. The molecule has 0 aliphatic rings. The molecule has 0 spiro atoms. The van der Waals surface area contributed by atoms with Crippen LogP contribution in [0.2, 0.25) is 15.1 Å². The van der Waals surface area contributed by atoms with Crippen LogP contribution in [0.25, 0.3) is 16.7 Å². The number of aliphatic hydroxyl groups is 1. The number of hydrogen-bond acceptors (Lipinski definition) is 6. The van der Waals surface area contributed by atoms with Crippen LogP contribution in [-0.2, 0) is 12.7 Å². The Morgan fingerprint density at radius 1 is 1.05 bits per heavy atom. The number of anilines is 1. The second kappa shape index (κ2) is 11.2. The van der Waals surface area contributed by atoms with Gasteiger partial charge in [-0.2, -0.15) is 18.3 Å². The fourth-order valence-electron chi connectivity index (χ4n) is 3.87. The first kappa shape index (κ1) is 27.8. The van der Waals surface area contributed by atoms with Gasteiger partial charge in [0.05, 0.1) is 21.0 Å². The molecule has 6 nitrogen and oxygen atoms in total. The molecule has 0 fully saturated rings. The van der Waals surface area contributed by atoms with Gasteiger partial charge >= 0.3 is 6.18 Å². The molecular formula is C24H21Cl3F3N5OS. The molecule has 0 aliphatic carbocycles. The van der Waals surface area contributed by atoms with Crippen molar-refractivity contribution in [2.24, 2.45) is 0 Å². The molecule has 0 radical (unpaired) electrons. The van der Waals surface area contributed by atoms with E-state index < -0.39 is 11.7 Å². The van der Waals surface area contributed by atoms with Crippen LogP contribution in [0.3, 0.4) is 0 Å². The maximum Gasteiger partial charge on any atom is 0.416 e. The molecule has 0 aliphatic heterocycles. The number of fused-ring (bicyclic) bond motifs is 1. The van der Waals surface area contributed by atoms with Gasteiger partial charge in [-0.3, -0.25) is 0 Å². The minimum absolute atomic E-state index is 0.0181. The number of nitrogens with zero attached hydrogens (tertiary/aromatic N) is 5. The number of aliphatic hydroxyl groups excluding tert-OH is 1. The first-order valence-electron chi connectivity index (χ1n) is 11.0. The van der Waals surface area contributed by atoms with Crippen LogP contribution in [-0.4, -0.2) is 44.3 Å². The Kier molecular flexibility index (Phi) is 8.45. The molecule has 1 N–H and O–H groups in total. The van der Waals surface area contributed by atoms with Crippen molar-refractivity contribution >= 4 is 63.4 Å². The van der Waals surface area contributed by atoms with E-state index in [1.807, 2.05) is 23.3 Å². The number of rotatable bonds is 8. The number of halogens is 6. The highest BCUT2D eigenvalue weighted by Crippen LogP contribution is 2.40. The third-order valence-electron chi connectivity index (χ3n) is 5.51. The molecule has 2 aromatic carbocycles. The van der Waals surface area contributed by atoms with E-state index >= 15 is 0 Å². The van der Waals surface area contributed by atoms with Gasteiger partial charge in [0.1, 0.15) is 22.4 Å². The van der Waals surface area contributed by atoms with E-state index in [-0.39, 0.29) is 22.3 Å². The third-order valence-corrected chi connectivity index (χ3v) is 7.01. The minimum Gasteiger partial charge on any atom is -0.396 e. The van der Waals surface area contributed by atoms with Crippen LogP contribution < -0.4 is 4.90 Å². The third kappa shape index (κ3) is 5.93. The smallest absolute Gasteiger partial charge is 0.396 e. The molecule has 0 bridgehead atoms. The van der Waals surface area contributed by atoms with Crippen LogP contribution in [0.5, 0.6) is 0 Å². The fraction of sp³-hybridized carbons (Fsp3) is 0.292. The summed E-state index contributed by atoms with van der Waals surface area (Å²) in [5, 5.41) is 15.4. The van der Waals surface area contributed by atoms with E-state index in [0.717, 1.165) is 17.7 Å². The van der Waals surface area contributed by atoms with Gasteiger partial charge in [0.25, 0.3) is 0 Å².